The lowest BCUT2D eigenvalue weighted by atomic mass is 9.76. The van der Waals surface area contributed by atoms with Crippen LogP contribution in [0.1, 0.15) is 31.9 Å². The van der Waals surface area contributed by atoms with E-state index in [-0.39, 0.29) is 0 Å². The van der Waals surface area contributed by atoms with E-state index in [1.165, 1.54) is 24.4 Å². The van der Waals surface area contributed by atoms with Crippen LogP contribution < -0.4 is 5.73 Å². The van der Waals surface area contributed by atoms with Crippen LogP contribution in [0, 0.1) is 11.8 Å². The van der Waals surface area contributed by atoms with E-state index in [1.54, 1.807) is 0 Å². The predicted octanol–water partition coefficient (Wildman–Crippen LogP) is 1.84. The quantitative estimate of drug-likeness (QED) is 0.812. The third-order valence-corrected chi connectivity index (χ3v) is 3.83. The van der Waals surface area contributed by atoms with Gasteiger partial charge in [0.1, 0.15) is 0 Å². The van der Waals surface area contributed by atoms with Crippen molar-refractivity contribution in [1.29, 1.82) is 0 Å². The molecule has 14 heavy (non-hydrogen) atoms. The second-order valence-corrected chi connectivity index (χ2v) is 5.02. The average Bonchev–Trinajstić information content (AvgIpc) is 2.64. The summed E-state index contributed by atoms with van der Waals surface area (Å²) in [6, 6.07) is 0.405. The van der Waals surface area contributed by atoms with Gasteiger partial charge in [-0.05, 0) is 49.1 Å². The second kappa shape index (κ2) is 4.36. The lowest BCUT2D eigenvalue weighted by molar-refractivity contribution is 0.230. The summed E-state index contributed by atoms with van der Waals surface area (Å²) < 4.78 is 3.89. The van der Waals surface area contributed by atoms with E-state index in [9.17, 15) is 0 Å². The molecule has 0 spiro atoms. The van der Waals surface area contributed by atoms with Gasteiger partial charge in [0.15, 0.2) is 0 Å². The first-order chi connectivity index (χ1) is 6.75. The molecule has 1 aromatic rings. The van der Waals surface area contributed by atoms with Crippen molar-refractivity contribution in [2.75, 3.05) is 0 Å². The summed E-state index contributed by atoms with van der Waals surface area (Å²) in [6.07, 6.45) is 4.67. The van der Waals surface area contributed by atoms with Crippen LogP contribution in [0.3, 0.4) is 0 Å². The normalized spacial score (nSPS) is 33.1. The molecule has 3 atom stereocenters. The molecule has 1 heterocycles. The molecule has 0 aromatic carbocycles. The van der Waals surface area contributed by atoms with E-state index in [0.29, 0.717) is 12.0 Å². The highest BCUT2D eigenvalue weighted by Crippen LogP contribution is 2.31. The van der Waals surface area contributed by atoms with Crippen molar-refractivity contribution in [1.82, 2.24) is 9.59 Å². The third kappa shape index (κ3) is 2.30. The lowest BCUT2D eigenvalue weighted by Gasteiger charge is -2.32. The van der Waals surface area contributed by atoms with Gasteiger partial charge in [0.25, 0.3) is 0 Å². The molecule has 2 rings (SSSR count). The summed E-state index contributed by atoms with van der Waals surface area (Å²) in [5, 5.41) is 6.15. The Bertz CT molecular complexity index is 273. The van der Waals surface area contributed by atoms with Crippen LogP contribution in [-0.4, -0.2) is 15.6 Å². The molecule has 1 fully saturated rings. The number of aromatic nitrogens is 2. The van der Waals surface area contributed by atoms with Crippen molar-refractivity contribution in [2.24, 2.45) is 17.6 Å². The molecule has 0 bridgehead atoms. The highest BCUT2D eigenvalue weighted by Gasteiger charge is 2.26. The first-order valence-electron chi connectivity index (χ1n) is 5.27. The summed E-state index contributed by atoms with van der Waals surface area (Å²) in [4.78, 5) is 0. The Balaban J connectivity index is 1.95. The first kappa shape index (κ1) is 10.1. The fourth-order valence-electron chi connectivity index (χ4n) is 2.28. The maximum Gasteiger partial charge on any atom is 0.0758 e. The van der Waals surface area contributed by atoms with E-state index in [1.807, 2.05) is 5.38 Å². The number of nitrogens with zero attached hydrogens (tertiary/aromatic N) is 2. The van der Waals surface area contributed by atoms with E-state index < -0.39 is 0 Å². The highest BCUT2D eigenvalue weighted by molar-refractivity contribution is 7.03. The van der Waals surface area contributed by atoms with Crippen LogP contribution in [0.5, 0.6) is 0 Å². The van der Waals surface area contributed by atoms with E-state index in [0.717, 1.165) is 24.5 Å². The van der Waals surface area contributed by atoms with E-state index >= 15 is 0 Å². The first-order valence-corrected chi connectivity index (χ1v) is 6.11. The van der Waals surface area contributed by atoms with Crippen molar-refractivity contribution in [3.8, 4) is 0 Å². The Hall–Kier alpha value is -0.480. The van der Waals surface area contributed by atoms with Crippen molar-refractivity contribution in [3.63, 3.8) is 0 Å². The number of rotatable bonds is 2. The van der Waals surface area contributed by atoms with Crippen LogP contribution in [0.4, 0.5) is 0 Å². The minimum atomic E-state index is 0.405. The minimum absolute atomic E-state index is 0.405. The third-order valence-electron chi connectivity index (χ3n) is 3.28. The van der Waals surface area contributed by atoms with Crippen molar-refractivity contribution in [2.45, 2.75) is 38.6 Å². The van der Waals surface area contributed by atoms with E-state index in [2.05, 4.69) is 16.5 Å². The topological polar surface area (TPSA) is 51.8 Å². The van der Waals surface area contributed by atoms with Crippen molar-refractivity contribution >= 4 is 11.5 Å². The standard InChI is InChI=1S/C10H17N3S/c1-7-2-3-9(11)4-8(7)5-10-6-14-13-12-10/h6-9H,2-5,11H2,1H3. The van der Waals surface area contributed by atoms with Crippen molar-refractivity contribution in [3.05, 3.63) is 11.1 Å². The number of hydrogen-bond acceptors (Lipinski definition) is 4. The van der Waals surface area contributed by atoms with E-state index in [4.69, 9.17) is 5.73 Å². The molecule has 0 aliphatic heterocycles. The molecule has 1 saturated carbocycles. The summed E-state index contributed by atoms with van der Waals surface area (Å²) in [5.41, 5.74) is 7.12. The molecule has 1 aliphatic carbocycles. The monoisotopic (exact) mass is 211 g/mol. The van der Waals surface area contributed by atoms with Crippen LogP contribution in [-0.2, 0) is 6.42 Å². The summed E-state index contributed by atoms with van der Waals surface area (Å²) in [5.74, 6) is 1.50. The van der Waals surface area contributed by atoms with Gasteiger partial charge in [-0.3, -0.25) is 0 Å². The van der Waals surface area contributed by atoms with Gasteiger partial charge >= 0.3 is 0 Å². The Morgan fingerprint density at radius 3 is 3.14 bits per heavy atom. The zero-order valence-electron chi connectivity index (χ0n) is 8.52. The smallest absolute Gasteiger partial charge is 0.0758 e. The SMILES string of the molecule is CC1CCC(N)CC1Cc1csnn1. The average molecular weight is 211 g/mol. The molecule has 0 radical (unpaired) electrons. The summed E-state index contributed by atoms with van der Waals surface area (Å²) in [6.45, 7) is 2.33. The molecule has 0 saturated heterocycles. The zero-order chi connectivity index (χ0) is 9.97. The maximum atomic E-state index is 5.98. The van der Waals surface area contributed by atoms with Gasteiger partial charge in [-0.2, -0.15) is 0 Å². The van der Waals surface area contributed by atoms with Crippen molar-refractivity contribution < 1.29 is 0 Å². The maximum absolute atomic E-state index is 5.98. The van der Waals surface area contributed by atoms with Gasteiger partial charge in [0.05, 0.1) is 5.69 Å². The van der Waals surface area contributed by atoms with Crippen LogP contribution in [0.25, 0.3) is 0 Å². The molecule has 3 unspecified atom stereocenters. The summed E-state index contributed by atoms with van der Waals surface area (Å²) >= 11 is 1.44. The fraction of sp³-hybridized carbons (Fsp3) is 0.800. The minimum Gasteiger partial charge on any atom is -0.328 e. The predicted molar refractivity (Wildman–Crippen MR) is 58.1 cm³/mol. The lowest BCUT2D eigenvalue weighted by Crippen LogP contribution is -2.33. The molecule has 2 N–H and O–H groups in total. The highest BCUT2D eigenvalue weighted by atomic mass is 32.1. The number of nitrogens with two attached hydrogens (primary N) is 1. The largest absolute Gasteiger partial charge is 0.328 e. The molecule has 78 valence electrons. The molecular formula is C10H17N3S. The number of hydrogen-bond donors (Lipinski definition) is 1. The molecule has 1 aliphatic rings. The van der Waals surface area contributed by atoms with Gasteiger partial charge in [-0.15, -0.1) is 5.10 Å². The molecule has 1 aromatic heterocycles. The molecular weight excluding hydrogens is 194 g/mol. The van der Waals surface area contributed by atoms with Gasteiger partial charge in [-0.1, -0.05) is 11.4 Å². The van der Waals surface area contributed by atoms with Gasteiger partial charge in [-0.25, -0.2) is 0 Å². The Labute approximate surface area is 88.9 Å². The van der Waals surface area contributed by atoms with Crippen LogP contribution >= 0.6 is 11.5 Å². The Kier molecular flexibility index (Phi) is 3.13. The Morgan fingerprint density at radius 1 is 1.57 bits per heavy atom. The van der Waals surface area contributed by atoms with Gasteiger partial charge in [0, 0.05) is 11.4 Å². The van der Waals surface area contributed by atoms with Crippen LogP contribution in [0.2, 0.25) is 0 Å². The Morgan fingerprint density at radius 2 is 2.43 bits per heavy atom. The van der Waals surface area contributed by atoms with Crippen LogP contribution in [0.15, 0.2) is 5.38 Å². The van der Waals surface area contributed by atoms with Gasteiger partial charge in [0.2, 0.25) is 0 Å². The zero-order valence-corrected chi connectivity index (χ0v) is 9.33. The molecule has 0 amide bonds. The molecule has 3 nitrogen and oxygen atoms in total. The molecule has 4 heteroatoms. The fourth-order valence-corrected chi connectivity index (χ4v) is 2.74. The summed E-state index contributed by atoms with van der Waals surface area (Å²) in [7, 11) is 0. The second-order valence-electron chi connectivity index (χ2n) is 4.41. The van der Waals surface area contributed by atoms with Gasteiger partial charge < -0.3 is 5.73 Å².